The van der Waals surface area contributed by atoms with Crippen LogP contribution in [0.4, 0.5) is 0 Å². The number of methoxy groups -OCH3 is 2. The average Bonchev–Trinajstić information content (AvgIpc) is 2.89. The topological polar surface area (TPSA) is 41.9 Å². The van der Waals surface area contributed by atoms with E-state index >= 15 is 0 Å². The molecule has 1 aromatic carbocycles. The van der Waals surface area contributed by atoms with Gasteiger partial charge in [0.15, 0.2) is 11.5 Å². The van der Waals surface area contributed by atoms with E-state index in [9.17, 15) is 5.11 Å². The highest BCUT2D eigenvalue weighted by Gasteiger charge is 2.53. The standard InChI is InChI=1S/C18H27NO3/c1-12-14(20)7-8-18(9-10-19(2)17(12)18)13-5-6-15(21-3)16(11-13)22-4/h5-6,11-12,14,17,20H,7-10H2,1-4H3/t12-,14+,17-,18-/m0/s1. The summed E-state index contributed by atoms with van der Waals surface area (Å²) in [4.78, 5) is 2.42. The number of fused-ring (bicyclic) bond motifs is 1. The van der Waals surface area contributed by atoms with E-state index in [0.29, 0.717) is 6.04 Å². The van der Waals surface area contributed by atoms with Crippen LogP contribution in [-0.4, -0.2) is 50.0 Å². The Bertz CT molecular complexity index is 547. The molecule has 2 fully saturated rings. The van der Waals surface area contributed by atoms with Gasteiger partial charge in [0.25, 0.3) is 0 Å². The zero-order valence-corrected chi connectivity index (χ0v) is 14.0. The summed E-state index contributed by atoms with van der Waals surface area (Å²) >= 11 is 0. The third kappa shape index (κ3) is 2.20. The predicted molar refractivity (Wildman–Crippen MR) is 86.7 cm³/mol. The Morgan fingerprint density at radius 2 is 1.91 bits per heavy atom. The van der Waals surface area contributed by atoms with Gasteiger partial charge in [0.05, 0.1) is 20.3 Å². The monoisotopic (exact) mass is 305 g/mol. The Balaban J connectivity index is 2.05. The van der Waals surface area contributed by atoms with Crippen molar-refractivity contribution in [2.45, 2.75) is 43.7 Å². The van der Waals surface area contributed by atoms with Gasteiger partial charge in [-0.05, 0) is 56.5 Å². The van der Waals surface area contributed by atoms with Crippen LogP contribution >= 0.6 is 0 Å². The summed E-state index contributed by atoms with van der Waals surface area (Å²) in [7, 11) is 5.54. The number of hydrogen-bond donors (Lipinski definition) is 1. The van der Waals surface area contributed by atoms with Crippen LogP contribution in [0, 0.1) is 5.92 Å². The lowest BCUT2D eigenvalue weighted by molar-refractivity contribution is 0.00251. The molecule has 1 heterocycles. The number of rotatable bonds is 3. The lowest BCUT2D eigenvalue weighted by atomic mass is 9.62. The molecule has 0 unspecified atom stereocenters. The largest absolute Gasteiger partial charge is 0.493 e. The number of ether oxygens (including phenoxy) is 2. The fourth-order valence-electron chi connectivity index (χ4n) is 4.75. The molecule has 1 aliphatic carbocycles. The Morgan fingerprint density at radius 3 is 2.59 bits per heavy atom. The van der Waals surface area contributed by atoms with E-state index in [1.54, 1.807) is 14.2 Å². The van der Waals surface area contributed by atoms with Crippen molar-refractivity contribution in [3.8, 4) is 11.5 Å². The van der Waals surface area contributed by atoms with E-state index in [1.807, 2.05) is 6.07 Å². The molecule has 4 heteroatoms. The van der Waals surface area contributed by atoms with E-state index in [-0.39, 0.29) is 17.4 Å². The molecular formula is C18H27NO3. The molecule has 1 saturated carbocycles. The van der Waals surface area contributed by atoms with Crippen LogP contribution in [0.5, 0.6) is 11.5 Å². The minimum atomic E-state index is -0.196. The maximum atomic E-state index is 10.3. The van der Waals surface area contributed by atoms with Crippen molar-refractivity contribution in [1.82, 2.24) is 4.90 Å². The first-order valence-corrected chi connectivity index (χ1v) is 8.14. The van der Waals surface area contributed by atoms with Crippen LogP contribution < -0.4 is 9.47 Å². The zero-order chi connectivity index (χ0) is 15.9. The van der Waals surface area contributed by atoms with Gasteiger partial charge in [-0.1, -0.05) is 13.0 Å². The van der Waals surface area contributed by atoms with Gasteiger partial charge in [-0.25, -0.2) is 0 Å². The number of aliphatic hydroxyl groups excluding tert-OH is 1. The van der Waals surface area contributed by atoms with Gasteiger partial charge < -0.3 is 19.5 Å². The number of aliphatic hydroxyl groups is 1. The SMILES string of the molecule is COc1ccc([C@@]23CC[C@@H](O)[C@H](C)[C@@H]2N(C)CC3)cc1OC. The minimum Gasteiger partial charge on any atom is -0.493 e. The fraction of sp³-hybridized carbons (Fsp3) is 0.667. The zero-order valence-electron chi connectivity index (χ0n) is 14.0. The van der Waals surface area contributed by atoms with Gasteiger partial charge in [0.1, 0.15) is 0 Å². The Kier molecular flexibility index (Phi) is 4.08. The van der Waals surface area contributed by atoms with E-state index in [0.717, 1.165) is 37.3 Å². The van der Waals surface area contributed by atoms with Gasteiger partial charge in [0.2, 0.25) is 0 Å². The maximum absolute atomic E-state index is 10.3. The molecule has 0 amide bonds. The highest BCUT2D eigenvalue weighted by Crippen LogP contribution is 2.51. The van der Waals surface area contributed by atoms with Crippen molar-refractivity contribution in [2.75, 3.05) is 27.8 Å². The van der Waals surface area contributed by atoms with Gasteiger partial charge in [-0.15, -0.1) is 0 Å². The van der Waals surface area contributed by atoms with Crippen molar-refractivity contribution >= 4 is 0 Å². The van der Waals surface area contributed by atoms with Crippen LogP contribution in [0.3, 0.4) is 0 Å². The van der Waals surface area contributed by atoms with Crippen LogP contribution in [-0.2, 0) is 5.41 Å². The molecule has 0 spiro atoms. The Morgan fingerprint density at radius 1 is 1.18 bits per heavy atom. The number of likely N-dealkylation sites (N-methyl/N-ethyl adjacent to an activating group) is 1. The predicted octanol–water partition coefficient (Wildman–Crippen LogP) is 2.44. The van der Waals surface area contributed by atoms with Crippen molar-refractivity contribution in [1.29, 1.82) is 0 Å². The minimum absolute atomic E-state index is 0.118. The van der Waals surface area contributed by atoms with E-state index in [2.05, 4.69) is 31.0 Å². The molecule has 0 aromatic heterocycles. The molecule has 3 rings (SSSR count). The summed E-state index contributed by atoms with van der Waals surface area (Å²) in [5.41, 5.74) is 1.44. The van der Waals surface area contributed by atoms with Crippen molar-refractivity contribution < 1.29 is 14.6 Å². The van der Waals surface area contributed by atoms with Crippen LogP contribution in [0.2, 0.25) is 0 Å². The average molecular weight is 305 g/mol. The summed E-state index contributed by atoms with van der Waals surface area (Å²) in [5, 5.41) is 10.3. The first kappa shape index (κ1) is 15.6. The normalized spacial score (nSPS) is 35.2. The van der Waals surface area contributed by atoms with Crippen LogP contribution in [0.1, 0.15) is 31.7 Å². The molecule has 1 aliphatic heterocycles. The molecule has 0 bridgehead atoms. The summed E-state index contributed by atoms with van der Waals surface area (Å²) in [6, 6.07) is 6.70. The molecule has 0 radical (unpaired) electrons. The summed E-state index contributed by atoms with van der Waals surface area (Å²) < 4.78 is 10.9. The lowest BCUT2D eigenvalue weighted by Crippen LogP contribution is -2.53. The van der Waals surface area contributed by atoms with E-state index in [4.69, 9.17) is 9.47 Å². The quantitative estimate of drug-likeness (QED) is 0.931. The summed E-state index contributed by atoms with van der Waals surface area (Å²) in [6.07, 6.45) is 2.85. The highest BCUT2D eigenvalue weighted by molar-refractivity contribution is 5.46. The van der Waals surface area contributed by atoms with Gasteiger partial charge in [0, 0.05) is 11.5 Å². The van der Waals surface area contributed by atoms with Crippen molar-refractivity contribution in [3.05, 3.63) is 23.8 Å². The molecule has 1 aromatic rings. The molecule has 22 heavy (non-hydrogen) atoms. The van der Waals surface area contributed by atoms with Crippen LogP contribution in [0.25, 0.3) is 0 Å². The third-order valence-corrected chi connectivity index (χ3v) is 5.90. The lowest BCUT2D eigenvalue weighted by Gasteiger charge is -2.47. The smallest absolute Gasteiger partial charge is 0.161 e. The van der Waals surface area contributed by atoms with Crippen molar-refractivity contribution in [2.24, 2.45) is 5.92 Å². The molecule has 4 nitrogen and oxygen atoms in total. The van der Waals surface area contributed by atoms with Gasteiger partial charge in [-0.2, -0.15) is 0 Å². The van der Waals surface area contributed by atoms with E-state index in [1.165, 1.54) is 5.56 Å². The second kappa shape index (κ2) is 5.74. The number of benzene rings is 1. The van der Waals surface area contributed by atoms with Crippen LogP contribution in [0.15, 0.2) is 18.2 Å². The molecule has 122 valence electrons. The number of hydrogen-bond acceptors (Lipinski definition) is 4. The first-order chi connectivity index (χ1) is 10.5. The number of likely N-dealkylation sites (tertiary alicyclic amines) is 1. The molecular weight excluding hydrogens is 278 g/mol. The Labute approximate surface area is 133 Å². The fourth-order valence-corrected chi connectivity index (χ4v) is 4.75. The molecule has 1 N–H and O–H groups in total. The van der Waals surface area contributed by atoms with Gasteiger partial charge >= 0.3 is 0 Å². The second-order valence-corrected chi connectivity index (χ2v) is 6.87. The molecule has 4 atom stereocenters. The summed E-state index contributed by atoms with van der Waals surface area (Å²) in [5.74, 6) is 1.85. The van der Waals surface area contributed by atoms with E-state index < -0.39 is 0 Å². The highest BCUT2D eigenvalue weighted by atomic mass is 16.5. The van der Waals surface area contributed by atoms with Gasteiger partial charge in [-0.3, -0.25) is 0 Å². The maximum Gasteiger partial charge on any atom is 0.161 e. The molecule has 1 saturated heterocycles. The Hall–Kier alpha value is -1.26. The summed E-state index contributed by atoms with van der Waals surface area (Å²) in [6.45, 7) is 3.27. The third-order valence-electron chi connectivity index (χ3n) is 5.90. The second-order valence-electron chi connectivity index (χ2n) is 6.87. The number of nitrogens with zero attached hydrogens (tertiary/aromatic N) is 1. The first-order valence-electron chi connectivity index (χ1n) is 8.14. The van der Waals surface area contributed by atoms with Crippen molar-refractivity contribution in [3.63, 3.8) is 0 Å². The molecule has 2 aliphatic rings.